The standard InChI is InChI=1S/C48H39NS.C48H47N.C42H35NO/c1-47(2)41-27-25-34(32-15-7-5-8-16-32)30-39(41)40-31-35(26-28-42(40)48(47,3)4)33-17-13-20-37(29-33)49(36-18-9-6-10-19-36)43-22-14-24-45-46(43)38-21-11-12-23-44(38)50-45;1-45(2)42-27-15-13-23-38(42)40-31-35(28-29-43(40)46(45,3)4)49(33-19-10-9-11-20-33)34-21-16-18-32(30-34)36-24-17-25-39-37-22-12-14-26-41(37)47(5,6)48(7,8)44(36)39;1-41(2)35-20-10-8-17-34(35)39-31(18-12-21-36(39)42(41,3)4)28-24-26-30(27-25-28)43(29-14-6-5-7-15-29)37-22-13-19-33-32-16-9-11-23-38(32)44-40(33)37/h5-31H,1-4H3;9-31H,1-8H3;5-27H,1-4H3. The lowest BCUT2D eigenvalue weighted by Crippen LogP contribution is -2.43. The van der Waals surface area contributed by atoms with Crippen molar-refractivity contribution < 1.29 is 4.42 Å². The third kappa shape index (κ3) is 14.8. The number of hydrogen-bond acceptors (Lipinski definition) is 5. The Balaban J connectivity index is 0.000000119. The smallest absolute Gasteiger partial charge is 0.159 e. The van der Waals surface area contributed by atoms with E-state index >= 15 is 0 Å². The van der Waals surface area contributed by atoms with Gasteiger partial charge in [0, 0.05) is 76.2 Å². The minimum Gasteiger partial charge on any atom is -0.454 e. The molecule has 700 valence electrons. The van der Waals surface area contributed by atoms with E-state index in [0.717, 1.165) is 67.4 Å². The van der Waals surface area contributed by atoms with Gasteiger partial charge < -0.3 is 19.1 Å². The Morgan fingerprint density at radius 1 is 0.189 bits per heavy atom. The Morgan fingerprint density at radius 2 is 0.531 bits per heavy atom. The molecule has 0 amide bonds. The van der Waals surface area contributed by atoms with E-state index in [2.05, 4.69) is 556 Å². The van der Waals surface area contributed by atoms with Gasteiger partial charge in [0.1, 0.15) is 5.58 Å². The van der Waals surface area contributed by atoms with Crippen LogP contribution in [-0.4, -0.2) is 0 Å². The molecule has 19 aromatic carbocycles. The maximum absolute atomic E-state index is 6.49. The lowest BCUT2D eigenvalue weighted by molar-refractivity contribution is 0.299. The Kier molecular flexibility index (Phi) is 22.2. The number of furan rings is 1. The van der Waals surface area contributed by atoms with E-state index in [4.69, 9.17) is 4.42 Å². The van der Waals surface area contributed by atoms with Gasteiger partial charge in [0.05, 0.1) is 11.4 Å². The summed E-state index contributed by atoms with van der Waals surface area (Å²) in [6, 6.07) is 163. The molecule has 0 unspecified atom stereocenters. The molecule has 0 saturated heterocycles. The molecule has 0 N–H and O–H groups in total. The molecule has 0 aliphatic heterocycles. The van der Waals surface area contributed by atoms with Crippen LogP contribution >= 0.6 is 11.3 Å². The van der Waals surface area contributed by atoms with E-state index in [1.807, 2.05) is 23.5 Å². The molecule has 2 heterocycles. The van der Waals surface area contributed by atoms with Crippen molar-refractivity contribution in [3.05, 3.63) is 487 Å². The van der Waals surface area contributed by atoms with Crippen molar-refractivity contribution >= 4 is 105 Å². The highest BCUT2D eigenvalue weighted by Gasteiger charge is 2.51. The number of hydrogen-bond donors (Lipinski definition) is 0. The van der Waals surface area contributed by atoms with E-state index in [-0.39, 0.29) is 43.3 Å². The molecule has 25 rings (SSSR count). The monoisotopic (exact) mass is 1870 g/mol. The average molecular weight is 1870 g/mol. The Bertz CT molecular complexity index is 8510. The van der Waals surface area contributed by atoms with E-state index in [9.17, 15) is 0 Å². The molecule has 0 spiro atoms. The largest absolute Gasteiger partial charge is 0.454 e. The van der Waals surface area contributed by atoms with Crippen LogP contribution in [0.2, 0.25) is 0 Å². The summed E-state index contributed by atoms with van der Waals surface area (Å²) in [5, 5.41) is 4.85. The third-order valence-corrected chi connectivity index (χ3v) is 35.8. The summed E-state index contributed by atoms with van der Waals surface area (Å²) >= 11 is 1.86. The van der Waals surface area contributed by atoms with Gasteiger partial charge in [-0.1, -0.05) is 426 Å². The molecule has 0 fully saturated rings. The molecule has 21 aromatic rings. The second kappa shape index (κ2) is 34.8. The van der Waals surface area contributed by atoms with Gasteiger partial charge in [-0.3, -0.25) is 0 Å². The summed E-state index contributed by atoms with van der Waals surface area (Å²) in [4.78, 5) is 7.16. The Labute approximate surface area is 848 Å². The zero-order valence-corrected chi connectivity index (χ0v) is 85.6. The summed E-state index contributed by atoms with van der Waals surface area (Å²) in [6.07, 6.45) is 0. The first kappa shape index (κ1) is 91.4. The fraction of sp³-hybridized carbons (Fsp3) is 0.174. The Morgan fingerprint density at radius 3 is 1.15 bits per heavy atom. The molecular weight excluding hydrogens is 1750 g/mol. The number of anilines is 9. The van der Waals surface area contributed by atoms with Crippen molar-refractivity contribution in [1.82, 2.24) is 0 Å². The minimum absolute atomic E-state index is 0.00321. The highest BCUT2D eigenvalue weighted by Crippen LogP contribution is 2.62. The number of rotatable bonds is 13. The summed E-state index contributed by atoms with van der Waals surface area (Å²) in [6.45, 7) is 38.5. The van der Waals surface area contributed by atoms with Gasteiger partial charge in [0.25, 0.3) is 0 Å². The molecule has 0 radical (unpaired) electrons. The minimum atomic E-state index is -0.0884. The molecule has 0 atom stereocenters. The summed E-state index contributed by atoms with van der Waals surface area (Å²) in [7, 11) is 0. The van der Waals surface area contributed by atoms with Crippen LogP contribution in [0.15, 0.2) is 447 Å². The fourth-order valence-electron chi connectivity index (χ4n) is 24.1. The van der Waals surface area contributed by atoms with Crippen molar-refractivity contribution in [2.75, 3.05) is 14.7 Å². The summed E-state index contributed by atoms with van der Waals surface area (Å²) < 4.78 is 9.10. The van der Waals surface area contributed by atoms with Gasteiger partial charge in [-0.2, -0.15) is 0 Å². The number of thiophene rings is 1. The molecule has 2 aromatic heterocycles. The van der Waals surface area contributed by atoms with Gasteiger partial charge in [-0.25, -0.2) is 0 Å². The van der Waals surface area contributed by atoms with Gasteiger partial charge in [0.2, 0.25) is 0 Å². The maximum atomic E-state index is 6.49. The summed E-state index contributed by atoms with van der Waals surface area (Å²) in [5.74, 6) is 0. The summed E-state index contributed by atoms with van der Waals surface area (Å²) in [5.41, 5.74) is 43.7. The fourth-order valence-corrected chi connectivity index (χ4v) is 25.2. The highest BCUT2D eigenvalue weighted by atomic mass is 32.1. The van der Waals surface area contributed by atoms with Crippen LogP contribution in [0, 0.1) is 0 Å². The van der Waals surface area contributed by atoms with E-state index in [0.29, 0.717) is 0 Å². The van der Waals surface area contributed by atoms with Crippen molar-refractivity contribution in [3.8, 4) is 89.0 Å². The predicted molar refractivity (Wildman–Crippen MR) is 611 cm³/mol. The number of benzene rings is 19. The van der Waals surface area contributed by atoms with E-state index in [1.54, 1.807) is 0 Å². The average Bonchev–Trinajstić information content (AvgIpc) is 1.62. The number of fused-ring (bicyclic) bond motifs is 18. The second-order valence-corrected chi connectivity index (χ2v) is 45.0. The molecule has 4 aliphatic rings. The van der Waals surface area contributed by atoms with Gasteiger partial charge in [-0.05, 0) is 299 Å². The van der Waals surface area contributed by atoms with Gasteiger partial charge >= 0.3 is 0 Å². The highest BCUT2D eigenvalue weighted by molar-refractivity contribution is 7.26. The molecule has 5 heteroatoms. The van der Waals surface area contributed by atoms with Crippen LogP contribution in [0.3, 0.4) is 0 Å². The maximum Gasteiger partial charge on any atom is 0.159 e. The normalized spacial score (nSPS) is 15.4. The van der Waals surface area contributed by atoms with Crippen molar-refractivity contribution in [2.24, 2.45) is 0 Å². The topological polar surface area (TPSA) is 22.9 Å². The van der Waals surface area contributed by atoms with Crippen molar-refractivity contribution in [2.45, 2.75) is 154 Å². The zero-order valence-electron chi connectivity index (χ0n) is 84.8. The second-order valence-electron chi connectivity index (χ2n) is 43.9. The van der Waals surface area contributed by atoms with Gasteiger partial charge in [-0.15, -0.1) is 11.3 Å². The quantitative estimate of drug-likeness (QED) is 0.115. The first-order valence-electron chi connectivity index (χ1n) is 50.8. The Hall–Kier alpha value is -15.4. The van der Waals surface area contributed by atoms with Crippen LogP contribution in [-0.2, 0) is 43.3 Å². The predicted octanol–water partition coefficient (Wildman–Crippen LogP) is 39.3. The van der Waals surface area contributed by atoms with Crippen molar-refractivity contribution in [1.29, 1.82) is 0 Å². The molecule has 4 nitrogen and oxygen atoms in total. The van der Waals surface area contributed by atoms with E-state index in [1.165, 1.54) is 159 Å². The molecule has 0 saturated carbocycles. The zero-order chi connectivity index (χ0) is 98.4. The lowest BCUT2D eigenvalue weighted by atomic mass is 9.54. The molecule has 143 heavy (non-hydrogen) atoms. The molecule has 4 aliphatic carbocycles. The molecular formula is C138H121N3OS. The van der Waals surface area contributed by atoms with Crippen LogP contribution in [0.1, 0.15) is 155 Å². The first-order chi connectivity index (χ1) is 69.0. The van der Waals surface area contributed by atoms with Gasteiger partial charge in [0.15, 0.2) is 5.58 Å². The number of nitrogens with zero attached hydrogens (tertiary/aromatic N) is 3. The molecule has 0 bridgehead atoms. The van der Waals surface area contributed by atoms with Crippen LogP contribution in [0.5, 0.6) is 0 Å². The van der Waals surface area contributed by atoms with Crippen LogP contribution in [0.4, 0.5) is 51.2 Å². The third-order valence-electron chi connectivity index (χ3n) is 34.6. The van der Waals surface area contributed by atoms with Crippen LogP contribution < -0.4 is 14.7 Å². The SMILES string of the molecule is CC1(C)c2ccc(-c3ccccc3)cc2-c2cc(-c3cccc(N(c4ccccc4)c4cccc5sc6ccccc6c45)c3)ccc2C1(C)C.CC1(C)c2ccccc2-c2c(-c3ccc(N(c4ccccc4)c4cccc5c4oc4ccccc45)cc3)cccc2C1(C)C.CC1(C)c2ccccc2-c2cc(N(c3ccccc3)c3cccc(-c4cccc5c4C(C)(C)C(C)(C)c4ccccc4-5)c3)ccc2C1(C)C. The lowest BCUT2D eigenvalue weighted by Gasteiger charge is -2.49. The first-order valence-corrected chi connectivity index (χ1v) is 51.6. The van der Waals surface area contributed by atoms with E-state index < -0.39 is 0 Å². The van der Waals surface area contributed by atoms with Crippen LogP contribution in [0.25, 0.3) is 131 Å². The number of para-hydroxylation sites is 5. The van der Waals surface area contributed by atoms with Crippen molar-refractivity contribution in [3.63, 3.8) is 0 Å².